The van der Waals surface area contributed by atoms with Gasteiger partial charge in [0.25, 0.3) is 5.91 Å². The summed E-state index contributed by atoms with van der Waals surface area (Å²) in [6.45, 7) is 3.82. The number of methoxy groups -OCH3 is 1. The van der Waals surface area contributed by atoms with Gasteiger partial charge in [-0.05, 0) is 17.9 Å². The van der Waals surface area contributed by atoms with Crippen LogP contribution in [0.3, 0.4) is 0 Å². The maximum absolute atomic E-state index is 12.2. The Bertz CT molecular complexity index is 444. The summed E-state index contributed by atoms with van der Waals surface area (Å²) in [4.78, 5) is 23.3. The second-order valence-electron chi connectivity index (χ2n) is 5.06. The van der Waals surface area contributed by atoms with Gasteiger partial charge in [0.05, 0.1) is 0 Å². The molecular formula is C15H21NO4. The Balaban J connectivity index is 2.78. The molecule has 5 heteroatoms. The summed E-state index contributed by atoms with van der Waals surface area (Å²) in [6, 6.07) is 8.09. The number of nitrogens with one attached hydrogen (secondary N) is 1. The first-order valence-corrected chi connectivity index (χ1v) is 6.56. The first-order chi connectivity index (χ1) is 9.45. The lowest BCUT2D eigenvalue weighted by molar-refractivity contribution is -0.144. The topological polar surface area (TPSA) is 75.6 Å². The zero-order valence-electron chi connectivity index (χ0n) is 12.0. The van der Waals surface area contributed by atoms with Crippen molar-refractivity contribution < 1.29 is 19.4 Å². The third-order valence-electron chi connectivity index (χ3n) is 2.90. The molecule has 0 radical (unpaired) electrons. The number of carbonyl (C=O) groups is 2. The van der Waals surface area contributed by atoms with Crippen molar-refractivity contribution in [2.24, 2.45) is 5.92 Å². The van der Waals surface area contributed by atoms with Crippen LogP contribution in [0.5, 0.6) is 0 Å². The predicted octanol–water partition coefficient (Wildman–Crippen LogP) is 1.99. The van der Waals surface area contributed by atoms with Gasteiger partial charge in [-0.3, -0.25) is 4.79 Å². The average Bonchev–Trinajstić information content (AvgIpc) is 2.39. The molecule has 0 saturated carbocycles. The molecule has 5 nitrogen and oxygen atoms in total. The standard InChI is InChI=1S/C15H21NO4/c1-10(2)9-12(15(18)19)16-14(17)13(20-3)11-7-5-4-6-8-11/h4-8,10,12-13H,9H2,1-3H3,(H,16,17)(H,18,19)/t12-,13-/m0/s1. The Morgan fingerprint density at radius 1 is 1.25 bits per heavy atom. The van der Waals surface area contributed by atoms with E-state index in [4.69, 9.17) is 9.84 Å². The summed E-state index contributed by atoms with van der Waals surface area (Å²) in [5.41, 5.74) is 0.696. The lowest BCUT2D eigenvalue weighted by atomic mass is 10.0. The molecule has 0 aliphatic rings. The van der Waals surface area contributed by atoms with E-state index < -0.39 is 24.0 Å². The lowest BCUT2D eigenvalue weighted by Gasteiger charge is -2.20. The van der Waals surface area contributed by atoms with Crippen molar-refractivity contribution in [3.63, 3.8) is 0 Å². The molecule has 1 rings (SSSR count). The molecule has 20 heavy (non-hydrogen) atoms. The second kappa shape index (κ2) is 7.65. The molecule has 0 aliphatic heterocycles. The van der Waals surface area contributed by atoms with Crippen molar-refractivity contribution in [2.45, 2.75) is 32.4 Å². The highest BCUT2D eigenvalue weighted by Gasteiger charge is 2.26. The van der Waals surface area contributed by atoms with Gasteiger partial charge in [0, 0.05) is 7.11 Å². The van der Waals surface area contributed by atoms with Crippen LogP contribution in [-0.4, -0.2) is 30.1 Å². The van der Waals surface area contributed by atoms with Crippen LogP contribution in [0.25, 0.3) is 0 Å². The monoisotopic (exact) mass is 279 g/mol. The van der Waals surface area contributed by atoms with Crippen LogP contribution in [0.4, 0.5) is 0 Å². The van der Waals surface area contributed by atoms with Gasteiger partial charge < -0.3 is 15.2 Å². The molecule has 0 fully saturated rings. The molecule has 110 valence electrons. The Morgan fingerprint density at radius 2 is 1.85 bits per heavy atom. The van der Waals surface area contributed by atoms with Crippen LogP contribution < -0.4 is 5.32 Å². The number of carboxylic acid groups (broad SMARTS) is 1. The normalized spacial score (nSPS) is 13.8. The Hall–Kier alpha value is -1.88. The second-order valence-corrected chi connectivity index (χ2v) is 5.06. The fourth-order valence-corrected chi connectivity index (χ4v) is 1.96. The molecular weight excluding hydrogens is 258 g/mol. The molecule has 0 aromatic heterocycles. The van der Waals surface area contributed by atoms with E-state index in [0.717, 1.165) is 0 Å². The zero-order chi connectivity index (χ0) is 15.1. The van der Waals surface area contributed by atoms with Gasteiger partial charge in [0.2, 0.25) is 0 Å². The van der Waals surface area contributed by atoms with Gasteiger partial charge in [-0.25, -0.2) is 4.79 Å². The van der Waals surface area contributed by atoms with Gasteiger partial charge in [0.15, 0.2) is 6.10 Å². The van der Waals surface area contributed by atoms with Crippen LogP contribution in [0.1, 0.15) is 31.9 Å². The predicted molar refractivity (Wildman–Crippen MR) is 75.2 cm³/mol. The zero-order valence-corrected chi connectivity index (χ0v) is 12.0. The maximum Gasteiger partial charge on any atom is 0.326 e. The highest BCUT2D eigenvalue weighted by atomic mass is 16.5. The van der Waals surface area contributed by atoms with Crippen molar-refractivity contribution in [1.82, 2.24) is 5.32 Å². The molecule has 1 aromatic carbocycles. The largest absolute Gasteiger partial charge is 0.480 e. The van der Waals surface area contributed by atoms with Crippen LogP contribution in [-0.2, 0) is 14.3 Å². The van der Waals surface area contributed by atoms with Crippen molar-refractivity contribution in [2.75, 3.05) is 7.11 Å². The van der Waals surface area contributed by atoms with Gasteiger partial charge in [-0.1, -0.05) is 44.2 Å². The van der Waals surface area contributed by atoms with Crippen LogP contribution in [0.2, 0.25) is 0 Å². The van der Waals surface area contributed by atoms with Crippen LogP contribution >= 0.6 is 0 Å². The number of benzene rings is 1. The molecule has 1 aromatic rings. The van der Waals surface area contributed by atoms with Gasteiger partial charge >= 0.3 is 5.97 Å². The number of rotatable bonds is 7. The molecule has 2 atom stereocenters. The van der Waals surface area contributed by atoms with E-state index in [-0.39, 0.29) is 5.92 Å². The third-order valence-corrected chi connectivity index (χ3v) is 2.90. The van der Waals surface area contributed by atoms with Gasteiger partial charge in [-0.15, -0.1) is 0 Å². The van der Waals surface area contributed by atoms with Gasteiger partial charge in [-0.2, -0.15) is 0 Å². The number of ether oxygens (including phenoxy) is 1. The Morgan fingerprint density at radius 3 is 2.30 bits per heavy atom. The smallest absolute Gasteiger partial charge is 0.326 e. The fourth-order valence-electron chi connectivity index (χ4n) is 1.96. The molecule has 2 N–H and O–H groups in total. The van der Waals surface area contributed by atoms with E-state index in [1.807, 2.05) is 19.9 Å². The molecule has 0 spiro atoms. The molecule has 1 amide bonds. The van der Waals surface area contributed by atoms with E-state index in [1.165, 1.54) is 7.11 Å². The maximum atomic E-state index is 12.2. The summed E-state index contributed by atoms with van der Waals surface area (Å²) < 4.78 is 5.18. The minimum Gasteiger partial charge on any atom is -0.480 e. The minimum atomic E-state index is -1.03. The van der Waals surface area contributed by atoms with Crippen LogP contribution in [0.15, 0.2) is 30.3 Å². The highest BCUT2D eigenvalue weighted by molar-refractivity contribution is 5.87. The molecule has 0 unspecified atom stereocenters. The van der Waals surface area contributed by atoms with E-state index in [1.54, 1.807) is 24.3 Å². The van der Waals surface area contributed by atoms with E-state index in [9.17, 15) is 9.59 Å². The quantitative estimate of drug-likeness (QED) is 0.800. The number of carboxylic acids is 1. The molecule has 0 bridgehead atoms. The lowest BCUT2D eigenvalue weighted by Crippen LogP contribution is -2.44. The van der Waals surface area contributed by atoms with E-state index >= 15 is 0 Å². The number of aliphatic carboxylic acids is 1. The number of carbonyl (C=O) groups excluding carboxylic acids is 1. The van der Waals surface area contributed by atoms with Crippen LogP contribution in [0, 0.1) is 5.92 Å². The Labute approximate surface area is 118 Å². The average molecular weight is 279 g/mol. The highest BCUT2D eigenvalue weighted by Crippen LogP contribution is 2.17. The summed E-state index contributed by atoms with van der Waals surface area (Å²) in [5.74, 6) is -1.30. The number of amides is 1. The van der Waals surface area contributed by atoms with E-state index in [0.29, 0.717) is 12.0 Å². The fraction of sp³-hybridized carbons (Fsp3) is 0.467. The molecule has 0 heterocycles. The first kappa shape index (κ1) is 16.2. The molecule has 0 saturated heterocycles. The van der Waals surface area contributed by atoms with Crippen molar-refractivity contribution in [1.29, 1.82) is 0 Å². The number of hydrogen-bond donors (Lipinski definition) is 2. The number of hydrogen-bond acceptors (Lipinski definition) is 3. The summed E-state index contributed by atoms with van der Waals surface area (Å²) in [6.07, 6.45) is -0.419. The summed E-state index contributed by atoms with van der Waals surface area (Å²) in [5, 5.41) is 11.7. The Kier molecular flexibility index (Phi) is 6.18. The summed E-state index contributed by atoms with van der Waals surface area (Å²) >= 11 is 0. The van der Waals surface area contributed by atoms with Crippen molar-refractivity contribution >= 4 is 11.9 Å². The van der Waals surface area contributed by atoms with Crippen molar-refractivity contribution in [3.8, 4) is 0 Å². The third kappa shape index (κ3) is 4.66. The summed E-state index contributed by atoms with van der Waals surface area (Å²) in [7, 11) is 1.43. The first-order valence-electron chi connectivity index (χ1n) is 6.56. The van der Waals surface area contributed by atoms with Crippen molar-refractivity contribution in [3.05, 3.63) is 35.9 Å². The SMILES string of the molecule is CO[C@H](C(=O)N[C@@H](CC(C)C)C(=O)O)c1ccccc1. The van der Waals surface area contributed by atoms with Gasteiger partial charge in [0.1, 0.15) is 6.04 Å². The van der Waals surface area contributed by atoms with E-state index in [2.05, 4.69) is 5.32 Å². The minimum absolute atomic E-state index is 0.175. The molecule has 0 aliphatic carbocycles.